The summed E-state index contributed by atoms with van der Waals surface area (Å²) in [5, 5.41) is 5.40. The van der Waals surface area contributed by atoms with E-state index in [9.17, 15) is 27.2 Å². The van der Waals surface area contributed by atoms with Gasteiger partial charge in [0.25, 0.3) is 0 Å². The molecule has 2 fully saturated rings. The maximum Gasteiger partial charge on any atom is 0.416 e. The Labute approximate surface area is 215 Å². The fourth-order valence-corrected chi connectivity index (χ4v) is 5.16. The molecule has 3 heterocycles. The Kier molecular flexibility index (Phi) is 7.62. The zero-order chi connectivity index (χ0) is 26.9. The summed E-state index contributed by atoms with van der Waals surface area (Å²) >= 11 is 5.89. The van der Waals surface area contributed by atoms with Gasteiger partial charge < -0.3 is 26.2 Å². The Morgan fingerprint density at radius 3 is 2.62 bits per heavy atom. The van der Waals surface area contributed by atoms with Crippen LogP contribution < -0.4 is 21.3 Å². The zero-order valence-electron chi connectivity index (χ0n) is 19.9. The average molecular weight is 544 g/mol. The molecule has 9 nitrogen and oxygen atoms in total. The smallest absolute Gasteiger partial charge is 0.374 e. The molecule has 0 bridgehead atoms. The van der Waals surface area contributed by atoms with Gasteiger partial charge >= 0.3 is 6.18 Å². The number of primary amides is 1. The molecule has 1 aromatic carbocycles. The van der Waals surface area contributed by atoms with Crippen molar-refractivity contribution in [3.05, 3.63) is 40.9 Å². The van der Waals surface area contributed by atoms with E-state index in [0.717, 1.165) is 12.1 Å². The van der Waals surface area contributed by atoms with Gasteiger partial charge in [-0.2, -0.15) is 17.6 Å². The molecule has 2 saturated heterocycles. The summed E-state index contributed by atoms with van der Waals surface area (Å²) in [6.45, 7) is 0.697. The molecule has 3 atom stereocenters. The van der Waals surface area contributed by atoms with Crippen LogP contribution in [-0.2, 0) is 15.8 Å². The van der Waals surface area contributed by atoms with Gasteiger partial charge in [-0.05, 0) is 37.5 Å². The van der Waals surface area contributed by atoms with Crippen LogP contribution in [0.5, 0.6) is 0 Å². The lowest BCUT2D eigenvalue weighted by molar-refractivity contribution is -0.140. The van der Waals surface area contributed by atoms with E-state index in [1.807, 2.05) is 0 Å². The van der Waals surface area contributed by atoms with E-state index in [-0.39, 0.29) is 41.9 Å². The number of aromatic nitrogens is 2. The van der Waals surface area contributed by atoms with Gasteiger partial charge in [-0.25, -0.2) is 9.97 Å². The number of rotatable bonds is 6. The number of nitrogens with zero attached hydrogens (tertiary/aromatic N) is 4. The summed E-state index contributed by atoms with van der Waals surface area (Å²) in [5.41, 5.74) is 4.78. The van der Waals surface area contributed by atoms with Crippen molar-refractivity contribution in [2.45, 2.75) is 37.5 Å². The number of benzene rings is 1. The van der Waals surface area contributed by atoms with Crippen LogP contribution in [0.25, 0.3) is 0 Å². The third-order valence-electron chi connectivity index (χ3n) is 6.69. The number of alkyl halides is 3. The molecular weight excluding hydrogens is 518 g/mol. The molecule has 0 unspecified atom stereocenters. The monoisotopic (exact) mass is 543 g/mol. The van der Waals surface area contributed by atoms with Gasteiger partial charge in [0.05, 0.1) is 17.5 Å². The summed E-state index contributed by atoms with van der Waals surface area (Å²) in [6.07, 6.45) is -2.22. The number of anilines is 3. The first-order valence-electron chi connectivity index (χ1n) is 11.7. The van der Waals surface area contributed by atoms with Crippen molar-refractivity contribution in [3.63, 3.8) is 0 Å². The molecule has 0 radical (unpaired) electrons. The molecular formula is C23H26ClF4N7O2. The van der Waals surface area contributed by atoms with Crippen molar-refractivity contribution in [2.75, 3.05) is 42.2 Å². The molecule has 200 valence electrons. The lowest BCUT2D eigenvalue weighted by Crippen LogP contribution is -2.61. The highest BCUT2D eigenvalue weighted by Gasteiger charge is 2.43. The highest BCUT2D eigenvalue weighted by atomic mass is 35.5. The SMILES string of the molecule is CNc1ncnc(N2CC[C@H](C(N)=O)[C@@H](N3CCC[C@@H](Nc4cc(Cl)cc(C(F)(F)F)c4)C3=O)C2)c1F. The van der Waals surface area contributed by atoms with E-state index >= 15 is 0 Å². The zero-order valence-corrected chi connectivity index (χ0v) is 20.6. The number of nitrogens with one attached hydrogen (secondary N) is 2. The molecule has 14 heteroatoms. The summed E-state index contributed by atoms with van der Waals surface area (Å²) < 4.78 is 54.6. The van der Waals surface area contributed by atoms with Gasteiger partial charge in [0, 0.05) is 37.4 Å². The first kappa shape index (κ1) is 26.7. The number of hydrogen-bond acceptors (Lipinski definition) is 7. The van der Waals surface area contributed by atoms with Crippen molar-refractivity contribution in [1.29, 1.82) is 0 Å². The molecule has 0 aliphatic carbocycles. The van der Waals surface area contributed by atoms with Crippen LogP contribution in [-0.4, -0.2) is 65.4 Å². The minimum atomic E-state index is -4.60. The fraction of sp³-hybridized carbons (Fsp3) is 0.478. The van der Waals surface area contributed by atoms with E-state index in [2.05, 4.69) is 20.6 Å². The van der Waals surface area contributed by atoms with E-state index in [4.69, 9.17) is 17.3 Å². The molecule has 2 aliphatic rings. The minimum Gasteiger partial charge on any atom is -0.374 e. The quantitative estimate of drug-likeness (QED) is 0.479. The normalized spacial score (nSPS) is 22.6. The standard InChI is InChI=1S/C23H26ClF4N7O2/c1-30-20-18(25)21(32-11-31-20)34-6-4-15(19(29)36)17(10-34)35-5-2-3-16(22(35)37)33-14-8-12(23(26,27)28)7-13(24)9-14/h7-9,11,15-17,33H,2-6,10H2,1H3,(H2,29,36)(H,30,31,32)/t15-,16+,17-/m0/s1. The van der Waals surface area contributed by atoms with E-state index in [1.54, 1.807) is 4.90 Å². The molecule has 4 N–H and O–H groups in total. The second-order valence-corrected chi connectivity index (χ2v) is 9.45. The van der Waals surface area contributed by atoms with Crippen LogP contribution in [0.1, 0.15) is 24.8 Å². The van der Waals surface area contributed by atoms with Gasteiger partial charge in [0.2, 0.25) is 17.6 Å². The average Bonchev–Trinajstić information content (AvgIpc) is 2.84. The van der Waals surface area contributed by atoms with E-state index in [1.165, 1.54) is 24.3 Å². The maximum absolute atomic E-state index is 14.9. The highest BCUT2D eigenvalue weighted by Crippen LogP contribution is 2.35. The van der Waals surface area contributed by atoms with Crippen molar-refractivity contribution in [3.8, 4) is 0 Å². The first-order valence-corrected chi connectivity index (χ1v) is 12.0. The number of hydrogen-bond donors (Lipinski definition) is 3. The first-order chi connectivity index (χ1) is 17.5. The molecule has 0 spiro atoms. The third kappa shape index (κ3) is 5.65. The van der Waals surface area contributed by atoms with Gasteiger partial charge in [0.1, 0.15) is 12.4 Å². The van der Waals surface area contributed by atoms with Crippen molar-refractivity contribution in [1.82, 2.24) is 14.9 Å². The minimum absolute atomic E-state index is 0.0108. The summed E-state index contributed by atoms with van der Waals surface area (Å²) in [7, 11) is 1.52. The highest BCUT2D eigenvalue weighted by molar-refractivity contribution is 6.31. The topological polar surface area (TPSA) is 116 Å². The van der Waals surface area contributed by atoms with E-state index < -0.39 is 47.4 Å². The Morgan fingerprint density at radius 2 is 1.95 bits per heavy atom. The van der Waals surface area contributed by atoms with Crippen LogP contribution in [0.3, 0.4) is 0 Å². The maximum atomic E-state index is 14.9. The molecule has 2 amide bonds. The van der Waals surface area contributed by atoms with Crippen LogP contribution in [0.4, 0.5) is 34.9 Å². The third-order valence-corrected chi connectivity index (χ3v) is 6.91. The Hall–Kier alpha value is -3.35. The van der Waals surface area contributed by atoms with Gasteiger partial charge in [-0.1, -0.05) is 11.6 Å². The second-order valence-electron chi connectivity index (χ2n) is 9.02. The molecule has 1 aromatic heterocycles. The van der Waals surface area contributed by atoms with Gasteiger partial charge in [0.15, 0.2) is 11.6 Å². The van der Waals surface area contributed by atoms with Crippen LogP contribution >= 0.6 is 11.6 Å². The van der Waals surface area contributed by atoms with Gasteiger partial charge in [-0.3, -0.25) is 9.59 Å². The predicted octanol–water partition coefficient (Wildman–Crippen LogP) is 3.11. The van der Waals surface area contributed by atoms with Crippen LogP contribution in [0.2, 0.25) is 5.02 Å². The largest absolute Gasteiger partial charge is 0.416 e. The Morgan fingerprint density at radius 1 is 1.19 bits per heavy atom. The van der Waals surface area contributed by atoms with Crippen LogP contribution in [0, 0.1) is 11.7 Å². The summed E-state index contributed by atoms with van der Waals surface area (Å²) in [4.78, 5) is 36.8. The molecule has 37 heavy (non-hydrogen) atoms. The number of carbonyl (C=O) groups excluding carboxylic acids is 2. The van der Waals surface area contributed by atoms with Crippen molar-refractivity contribution >= 4 is 40.7 Å². The number of carbonyl (C=O) groups is 2. The van der Waals surface area contributed by atoms with Crippen LogP contribution in [0.15, 0.2) is 24.5 Å². The molecule has 4 rings (SSSR count). The number of amides is 2. The fourth-order valence-electron chi connectivity index (χ4n) is 4.93. The molecule has 2 aliphatic heterocycles. The number of piperidine rings is 2. The van der Waals surface area contributed by atoms with E-state index in [0.29, 0.717) is 19.4 Å². The number of nitrogens with two attached hydrogens (primary N) is 1. The molecule has 2 aromatic rings. The molecule has 0 saturated carbocycles. The second kappa shape index (κ2) is 10.6. The lowest BCUT2D eigenvalue weighted by atomic mass is 9.87. The summed E-state index contributed by atoms with van der Waals surface area (Å²) in [6, 6.07) is 1.49. The van der Waals surface area contributed by atoms with Crippen molar-refractivity contribution < 1.29 is 27.2 Å². The Bertz CT molecular complexity index is 1180. The van der Waals surface area contributed by atoms with Crippen molar-refractivity contribution in [2.24, 2.45) is 11.7 Å². The Balaban J connectivity index is 1.58. The predicted molar refractivity (Wildman–Crippen MR) is 130 cm³/mol. The lowest BCUT2D eigenvalue weighted by Gasteiger charge is -2.46. The summed E-state index contributed by atoms with van der Waals surface area (Å²) in [5.74, 6) is -2.28. The number of likely N-dealkylation sites (tertiary alicyclic amines) is 1. The van der Waals surface area contributed by atoms with Gasteiger partial charge in [-0.15, -0.1) is 0 Å². The number of halogens is 5.